The number of nitrogens with zero attached hydrogens (tertiary/aromatic N) is 2. The molecular weight excluding hydrogens is 367 g/mol. The minimum absolute atomic E-state index is 0.0856. The van der Waals surface area contributed by atoms with Crippen LogP contribution in [0, 0.1) is 11.7 Å². The highest BCUT2D eigenvalue weighted by Gasteiger charge is 2.18. The van der Waals surface area contributed by atoms with Crippen molar-refractivity contribution in [1.29, 1.82) is 0 Å². The summed E-state index contributed by atoms with van der Waals surface area (Å²) in [5.41, 5.74) is 0.845. The van der Waals surface area contributed by atoms with Gasteiger partial charge in [0.2, 0.25) is 5.91 Å². The van der Waals surface area contributed by atoms with E-state index in [-0.39, 0.29) is 12.1 Å². The van der Waals surface area contributed by atoms with Crippen LogP contribution in [0.25, 0.3) is 0 Å². The van der Waals surface area contributed by atoms with Gasteiger partial charge in [0, 0.05) is 18.5 Å². The van der Waals surface area contributed by atoms with Crippen LogP contribution in [0.15, 0.2) is 29.6 Å². The normalized spacial score (nSPS) is 17.5. The summed E-state index contributed by atoms with van der Waals surface area (Å²) in [5, 5.41) is 7.52. The lowest BCUT2D eigenvalue weighted by molar-refractivity contribution is -0.115. The molecule has 1 aromatic heterocycles. The van der Waals surface area contributed by atoms with Crippen LogP contribution < -0.4 is 10.6 Å². The van der Waals surface area contributed by atoms with Crippen molar-refractivity contribution in [2.75, 3.05) is 25.0 Å². The molecule has 1 atom stereocenters. The molecule has 1 fully saturated rings. The monoisotopic (exact) mass is 390 g/mol. The Kier molecular flexibility index (Phi) is 6.52. The topological polar surface area (TPSA) is 74.3 Å². The first kappa shape index (κ1) is 19.4. The highest BCUT2D eigenvalue weighted by Crippen LogP contribution is 2.20. The Morgan fingerprint density at radius 1 is 1.37 bits per heavy atom. The zero-order chi connectivity index (χ0) is 19.2. The van der Waals surface area contributed by atoms with Crippen LogP contribution in [0.1, 0.15) is 35.8 Å². The lowest BCUT2D eigenvalue weighted by atomic mass is 10.0. The summed E-state index contributed by atoms with van der Waals surface area (Å²) in [6.45, 7) is 4.94. The molecule has 1 saturated heterocycles. The molecule has 2 aromatic rings. The molecule has 144 valence electrons. The molecule has 3 rings (SSSR count). The minimum Gasteiger partial charge on any atom is -0.343 e. The van der Waals surface area contributed by atoms with Crippen LogP contribution in [0.5, 0.6) is 0 Å². The van der Waals surface area contributed by atoms with E-state index in [4.69, 9.17) is 0 Å². The fourth-order valence-corrected chi connectivity index (χ4v) is 3.88. The van der Waals surface area contributed by atoms with Gasteiger partial charge in [-0.15, -0.1) is 11.3 Å². The molecule has 6 nitrogen and oxygen atoms in total. The third kappa shape index (κ3) is 5.58. The first-order valence-electron chi connectivity index (χ1n) is 9.00. The van der Waals surface area contributed by atoms with Gasteiger partial charge in [-0.3, -0.25) is 14.5 Å². The average molecular weight is 390 g/mol. The number of benzene rings is 1. The van der Waals surface area contributed by atoms with Gasteiger partial charge >= 0.3 is 0 Å². The largest absolute Gasteiger partial charge is 0.343 e. The molecule has 0 spiro atoms. The van der Waals surface area contributed by atoms with Gasteiger partial charge in [-0.05, 0) is 37.4 Å². The molecule has 0 saturated carbocycles. The Labute approximate surface area is 161 Å². The summed E-state index contributed by atoms with van der Waals surface area (Å²) in [6, 6.07) is 5.65. The predicted molar refractivity (Wildman–Crippen MR) is 103 cm³/mol. The summed E-state index contributed by atoms with van der Waals surface area (Å²) in [4.78, 5) is 30.8. The number of carbonyl (C=O) groups excluding carboxylic acids is 2. The third-order valence-electron chi connectivity index (χ3n) is 4.45. The molecule has 0 aliphatic carbocycles. The number of carbonyl (C=O) groups is 2. The number of likely N-dealkylation sites (tertiary alicyclic amines) is 1. The molecule has 27 heavy (non-hydrogen) atoms. The number of halogens is 1. The van der Waals surface area contributed by atoms with Crippen LogP contribution in [0.2, 0.25) is 0 Å². The van der Waals surface area contributed by atoms with Crippen LogP contribution in [-0.2, 0) is 11.3 Å². The Balaban J connectivity index is 1.46. The van der Waals surface area contributed by atoms with E-state index >= 15 is 0 Å². The van der Waals surface area contributed by atoms with E-state index in [1.807, 2.05) is 5.38 Å². The number of piperidine rings is 1. The van der Waals surface area contributed by atoms with Gasteiger partial charge in [0.15, 0.2) is 5.13 Å². The summed E-state index contributed by atoms with van der Waals surface area (Å²) >= 11 is 1.36. The third-order valence-corrected chi connectivity index (χ3v) is 5.26. The summed E-state index contributed by atoms with van der Waals surface area (Å²) in [6.07, 6.45) is 2.48. The van der Waals surface area contributed by atoms with Crippen LogP contribution in [0.4, 0.5) is 9.52 Å². The second-order valence-electron chi connectivity index (χ2n) is 6.84. The van der Waals surface area contributed by atoms with E-state index in [1.54, 1.807) is 6.07 Å². The highest BCUT2D eigenvalue weighted by molar-refractivity contribution is 7.13. The van der Waals surface area contributed by atoms with E-state index in [1.165, 1.54) is 42.4 Å². The van der Waals surface area contributed by atoms with Crippen molar-refractivity contribution in [2.24, 2.45) is 5.92 Å². The van der Waals surface area contributed by atoms with E-state index in [9.17, 15) is 14.0 Å². The van der Waals surface area contributed by atoms with E-state index < -0.39 is 17.6 Å². The van der Waals surface area contributed by atoms with Crippen molar-refractivity contribution in [3.8, 4) is 0 Å². The summed E-state index contributed by atoms with van der Waals surface area (Å²) in [7, 11) is 0. The second kappa shape index (κ2) is 9.05. The molecule has 0 unspecified atom stereocenters. The van der Waals surface area contributed by atoms with Gasteiger partial charge in [0.05, 0.1) is 17.8 Å². The standard InChI is InChI=1S/C19H23FN4O2S/c1-13-5-4-8-24(10-13)11-14-12-27-19(22-14)23-17(25)9-21-18(26)15-6-2-3-7-16(15)20/h2-3,6-7,12-13H,4-5,8-11H2,1H3,(H,21,26)(H,22,23,25)/t13-/m1/s1. The van der Waals surface area contributed by atoms with Gasteiger partial charge in [-0.25, -0.2) is 9.37 Å². The first-order chi connectivity index (χ1) is 13.0. The predicted octanol–water partition coefficient (Wildman–Crippen LogP) is 2.88. The minimum atomic E-state index is -0.623. The molecule has 1 aliphatic heterocycles. The Hall–Kier alpha value is -2.32. The SMILES string of the molecule is C[C@@H]1CCCN(Cc2csc(NC(=O)CNC(=O)c3ccccc3F)n2)C1. The molecular formula is C19H23FN4O2S. The molecule has 8 heteroatoms. The maximum atomic E-state index is 13.6. The second-order valence-corrected chi connectivity index (χ2v) is 7.70. The van der Waals surface area contributed by atoms with Crippen molar-refractivity contribution in [1.82, 2.24) is 15.2 Å². The number of rotatable bonds is 6. The number of thiazole rings is 1. The Bertz CT molecular complexity index is 811. The Morgan fingerprint density at radius 3 is 2.96 bits per heavy atom. The maximum Gasteiger partial charge on any atom is 0.254 e. The quantitative estimate of drug-likeness (QED) is 0.795. The number of aromatic nitrogens is 1. The van der Waals surface area contributed by atoms with Crippen molar-refractivity contribution in [2.45, 2.75) is 26.3 Å². The van der Waals surface area contributed by atoms with Gasteiger partial charge in [-0.2, -0.15) is 0 Å². The van der Waals surface area contributed by atoms with E-state index in [0.29, 0.717) is 11.0 Å². The van der Waals surface area contributed by atoms with Gasteiger partial charge in [-0.1, -0.05) is 19.1 Å². The highest BCUT2D eigenvalue weighted by atomic mass is 32.1. The molecule has 2 amide bonds. The smallest absolute Gasteiger partial charge is 0.254 e. The fourth-order valence-electron chi connectivity index (χ4n) is 3.16. The zero-order valence-corrected chi connectivity index (χ0v) is 16.0. The van der Waals surface area contributed by atoms with Crippen LogP contribution >= 0.6 is 11.3 Å². The molecule has 1 aromatic carbocycles. The maximum absolute atomic E-state index is 13.6. The fraction of sp³-hybridized carbons (Fsp3) is 0.421. The lowest BCUT2D eigenvalue weighted by Crippen LogP contribution is -2.34. The molecule has 2 N–H and O–H groups in total. The number of anilines is 1. The van der Waals surface area contributed by atoms with E-state index in [0.717, 1.165) is 25.3 Å². The number of hydrogen-bond donors (Lipinski definition) is 2. The molecule has 0 radical (unpaired) electrons. The van der Waals surface area contributed by atoms with Gasteiger partial charge in [0.25, 0.3) is 5.91 Å². The Morgan fingerprint density at radius 2 is 2.19 bits per heavy atom. The molecule has 1 aliphatic rings. The summed E-state index contributed by atoms with van der Waals surface area (Å²) in [5.74, 6) is -0.934. The molecule has 0 bridgehead atoms. The van der Waals surface area contributed by atoms with E-state index in [2.05, 4.69) is 27.4 Å². The van der Waals surface area contributed by atoms with Crippen LogP contribution in [0.3, 0.4) is 0 Å². The van der Waals surface area contributed by atoms with Crippen LogP contribution in [-0.4, -0.2) is 41.3 Å². The zero-order valence-electron chi connectivity index (χ0n) is 15.2. The van der Waals surface area contributed by atoms with Crippen molar-refractivity contribution in [3.63, 3.8) is 0 Å². The average Bonchev–Trinajstić information content (AvgIpc) is 3.07. The molecule has 2 heterocycles. The number of amides is 2. The number of hydrogen-bond acceptors (Lipinski definition) is 5. The van der Waals surface area contributed by atoms with Gasteiger partial charge < -0.3 is 10.6 Å². The van der Waals surface area contributed by atoms with Crippen molar-refractivity contribution < 1.29 is 14.0 Å². The number of nitrogens with one attached hydrogen (secondary N) is 2. The van der Waals surface area contributed by atoms with Crippen molar-refractivity contribution in [3.05, 3.63) is 46.7 Å². The van der Waals surface area contributed by atoms with Crippen molar-refractivity contribution >= 4 is 28.3 Å². The van der Waals surface area contributed by atoms with Gasteiger partial charge in [0.1, 0.15) is 5.82 Å². The lowest BCUT2D eigenvalue weighted by Gasteiger charge is -2.30. The first-order valence-corrected chi connectivity index (χ1v) is 9.88. The summed E-state index contributed by atoms with van der Waals surface area (Å²) < 4.78 is 13.6.